The molecule has 34 heavy (non-hydrogen) atoms. The molecule has 8 heteroatoms. The van der Waals surface area contributed by atoms with Crippen LogP contribution >= 0.6 is 0 Å². The van der Waals surface area contributed by atoms with Gasteiger partial charge in [0.2, 0.25) is 0 Å². The first-order chi connectivity index (χ1) is 16.6. The van der Waals surface area contributed by atoms with E-state index < -0.39 is 6.04 Å². The average molecular weight is 466 g/mol. The zero-order valence-electron chi connectivity index (χ0n) is 19.8. The zero-order chi connectivity index (χ0) is 24.1. The van der Waals surface area contributed by atoms with Crippen molar-refractivity contribution in [3.05, 3.63) is 59.3 Å². The molecule has 1 amide bonds. The fourth-order valence-electron chi connectivity index (χ4n) is 4.37. The van der Waals surface area contributed by atoms with Crippen LogP contribution in [0.5, 0.6) is 17.2 Å². The summed E-state index contributed by atoms with van der Waals surface area (Å²) in [6.45, 7) is 8.53. The summed E-state index contributed by atoms with van der Waals surface area (Å²) in [5, 5.41) is 17.9. The van der Waals surface area contributed by atoms with Gasteiger partial charge in [-0.15, -0.1) is 0 Å². The van der Waals surface area contributed by atoms with E-state index in [9.17, 15) is 9.90 Å². The van der Waals surface area contributed by atoms with Crippen LogP contribution < -0.4 is 9.47 Å². The highest BCUT2D eigenvalue weighted by Crippen LogP contribution is 2.45. The molecule has 3 aromatic rings. The van der Waals surface area contributed by atoms with Gasteiger partial charge in [0.25, 0.3) is 5.91 Å². The summed E-state index contributed by atoms with van der Waals surface area (Å²) < 4.78 is 17.1. The maximum absolute atomic E-state index is 13.4. The molecule has 0 saturated heterocycles. The standard InChI is InChI=1S/C26H31N3O5/c1-4-32-15-9-14-29-25(17-12-13-20(33-5-2)21(16-17)34-6-3)22-23(27-28-24(22)26(29)31)18-10-7-8-11-19(18)30/h7-8,10-13,16,25,30H,4-6,9,14-15H2,1-3H3,(H,27,28)/t25-/m0/s1. The van der Waals surface area contributed by atoms with Gasteiger partial charge in [0.05, 0.1) is 19.3 Å². The second-order valence-electron chi connectivity index (χ2n) is 7.90. The number of nitrogens with zero attached hydrogens (tertiary/aromatic N) is 2. The molecule has 0 fully saturated rings. The van der Waals surface area contributed by atoms with Crippen LogP contribution in [0.2, 0.25) is 0 Å². The lowest BCUT2D eigenvalue weighted by Gasteiger charge is -2.27. The number of H-pyrrole nitrogens is 1. The van der Waals surface area contributed by atoms with E-state index in [4.69, 9.17) is 14.2 Å². The van der Waals surface area contributed by atoms with Crippen LogP contribution in [0.3, 0.4) is 0 Å². The summed E-state index contributed by atoms with van der Waals surface area (Å²) in [6.07, 6.45) is 0.703. The number of aromatic hydroxyl groups is 1. The molecule has 1 aliphatic rings. The van der Waals surface area contributed by atoms with E-state index in [1.54, 1.807) is 18.2 Å². The van der Waals surface area contributed by atoms with Gasteiger partial charge in [-0.2, -0.15) is 5.10 Å². The topological polar surface area (TPSA) is 96.9 Å². The molecule has 4 rings (SSSR count). The second-order valence-corrected chi connectivity index (χ2v) is 7.90. The molecule has 0 spiro atoms. The molecule has 1 aliphatic heterocycles. The quantitative estimate of drug-likeness (QED) is 0.403. The van der Waals surface area contributed by atoms with Gasteiger partial charge in [-0.1, -0.05) is 18.2 Å². The monoisotopic (exact) mass is 465 g/mol. The fourth-order valence-corrected chi connectivity index (χ4v) is 4.37. The molecular weight excluding hydrogens is 434 g/mol. The smallest absolute Gasteiger partial charge is 0.273 e. The highest BCUT2D eigenvalue weighted by atomic mass is 16.5. The van der Waals surface area contributed by atoms with Crippen molar-refractivity contribution < 1.29 is 24.1 Å². The van der Waals surface area contributed by atoms with Crippen molar-refractivity contribution in [1.82, 2.24) is 15.1 Å². The summed E-state index contributed by atoms with van der Waals surface area (Å²) in [5.41, 5.74) is 3.20. The normalized spacial score (nSPS) is 15.0. The van der Waals surface area contributed by atoms with Crippen LogP contribution in [0.4, 0.5) is 0 Å². The Balaban J connectivity index is 1.81. The Morgan fingerprint density at radius 1 is 1.03 bits per heavy atom. The van der Waals surface area contributed by atoms with Crippen LogP contribution in [-0.2, 0) is 4.74 Å². The van der Waals surface area contributed by atoms with Gasteiger partial charge in [0, 0.05) is 30.9 Å². The van der Waals surface area contributed by atoms with Crippen molar-refractivity contribution in [2.75, 3.05) is 33.0 Å². The molecule has 0 saturated carbocycles. The maximum atomic E-state index is 13.4. The molecule has 2 N–H and O–H groups in total. The Hall–Kier alpha value is -3.52. The minimum Gasteiger partial charge on any atom is -0.507 e. The predicted octanol–water partition coefficient (Wildman–Crippen LogP) is 4.55. The van der Waals surface area contributed by atoms with Crippen LogP contribution in [0, 0.1) is 0 Å². The van der Waals surface area contributed by atoms with Crippen molar-refractivity contribution in [3.8, 4) is 28.5 Å². The number of carbonyl (C=O) groups excluding carboxylic acids is 1. The number of para-hydroxylation sites is 1. The molecule has 0 unspecified atom stereocenters. The number of hydrogen-bond donors (Lipinski definition) is 2. The lowest BCUT2D eigenvalue weighted by atomic mass is 9.95. The molecular formula is C26H31N3O5. The van der Waals surface area contributed by atoms with E-state index >= 15 is 0 Å². The van der Waals surface area contributed by atoms with E-state index in [-0.39, 0.29) is 11.7 Å². The highest BCUT2D eigenvalue weighted by molar-refractivity contribution is 6.00. The highest BCUT2D eigenvalue weighted by Gasteiger charge is 2.42. The fraction of sp³-hybridized carbons (Fsp3) is 0.385. The number of hydrogen-bond acceptors (Lipinski definition) is 6. The Kier molecular flexibility index (Phi) is 7.37. The first-order valence-electron chi connectivity index (χ1n) is 11.7. The molecule has 1 atom stereocenters. The van der Waals surface area contributed by atoms with E-state index in [1.165, 1.54) is 0 Å². The zero-order valence-corrected chi connectivity index (χ0v) is 19.8. The van der Waals surface area contributed by atoms with Crippen LogP contribution in [0.1, 0.15) is 54.8 Å². The average Bonchev–Trinajstić information content (AvgIpc) is 3.37. The number of nitrogens with one attached hydrogen (secondary N) is 1. The first kappa shape index (κ1) is 23.6. The van der Waals surface area contributed by atoms with E-state index in [0.29, 0.717) is 67.8 Å². The van der Waals surface area contributed by atoms with Gasteiger partial charge < -0.3 is 24.2 Å². The molecule has 0 bridgehead atoms. The number of carbonyl (C=O) groups is 1. The Bertz CT molecular complexity index is 1140. The predicted molar refractivity (Wildman–Crippen MR) is 128 cm³/mol. The number of benzene rings is 2. The Labute approximate surface area is 199 Å². The second kappa shape index (κ2) is 10.6. The molecule has 2 aromatic carbocycles. The summed E-state index contributed by atoms with van der Waals surface area (Å²) in [6, 6.07) is 12.4. The maximum Gasteiger partial charge on any atom is 0.273 e. The van der Waals surface area contributed by atoms with Gasteiger partial charge >= 0.3 is 0 Å². The van der Waals surface area contributed by atoms with E-state index in [0.717, 1.165) is 11.1 Å². The number of ether oxygens (including phenoxy) is 3. The minimum absolute atomic E-state index is 0.111. The molecule has 2 heterocycles. The first-order valence-corrected chi connectivity index (χ1v) is 11.7. The van der Waals surface area contributed by atoms with E-state index in [2.05, 4.69) is 10.2 Å². The third kappa shape index (κ3) is 4.46. The minimum atomic E-state index is -0.396. The Morgan fingerprint density at radius 3 is 2.53 bits per heavy atom. The van der Waals surface area contributed by atoms with Crippen LogP contribution in [-0.4, -0.2) is 59.1 Å². The number of phenols is 1. The lowest BCUT2D eigenvalue weighted by Crippen LogP contribution is -2.31. The molecule has 0 radical (unpaired) electrons. The number of amides is 1. The number of aromatic amines is 1. The van der Waals surface area contributed by atoms with Crippen LogP contribution in [0.25, 0.3) is 11.3 Å². The summed E-state index contributed by atoms with van der Waals surface area (Å²) >= 11 is 0. The molecule has 0 aliphatic carbocycles. The molecule has 1 aromatic heterocycles. The largest absolute Gasteiger partial charge is 0.507 e. The number of fused-ring (bicyclic) bond motifs is 1. The molecule has 8 nitrogen and oxygen atoms in total. The van der Waals surface area contributed by atoms with Gasteiger partial charge in [0.1, 0.15) is 17.1 Å². The summed E-state index contributed by atoms with van der Waals surface area (Å²) in [5.74, 6) is 1.27. The van der Waals surface area contributed by atoms with Crippen LogP contribution in [0.15, 0.2) is 42.5 Å². The van der Waals surface area contributed by atoms with Gasteiger partial charge in [-0.25, -0.2) is 0 Å². The molecule has 180 valence electrons. The number of phenolic OH excluding ortho intramolecular Hbond substituents is 1. The van der Waals surface area contributed by atoms with Gasteiger partial charge in [-0.3, -0.25) is 9.89 Å². The SMILES string of the molecule is CCOCCCN1C(=O)c2[nH]nc(-c3ccccc3O)c2[C@@H]1c1ccc(OCC)c(OCC)c1. The summed E-state index contributed by atoms with van der Waals surface area (Å²) in [4.78, 5) is 15.3. The van der Waals surface area contributed by atoms with Crippen molar-refractivity contribution >= 4 is 5.91 Å². The van der Waals surface area contributed by atoms with Crippen molar-refractivity contribution in [1.29, 1.82) is 0 Å². The third-order valence-electron chi connectivity index (χ3n) is 5.80. The number of rotatable bonds is 11. The Morgan fingerprint density at radius 2 is 1.79 bits per heavy atom. The van der Waals surface area contributed by atoms with Crippen molar-refractivity contribution in [2.24, 2.45) is 0 Å². The number of aromatic nitrogens is 2. The van der Waals surface area contributed by atoms with Gasteiger partial charge in [0.15, 0.2) is 11.5 Å². The van der Waals surface area contributed by atoms with Crippen molar-refractivity contribution in [3.63, 3.8) is 0 Å². The lowest BCUT2D eigenvalue weighted by molar-refractivity contribution is 0.0710. The van der Waals surface area contributed by atoms with Gasteiger partial charge in [-0.05, 0) is 57.0 Å². The van der Waals surface area contributed by atoms with Crippen molar-refractivity contribution in [2.45, 2.75) is 33.2 Å². The van der Waals surface area contributed by atoms with E-state index in [1.807, 2.05) is 49.9 Å². The third-order valence-corrected chi connectivity index (χ3v) is 5.80. The summed E-state index contributed by atoms with van der Waals surface area (Å²) in [7, 11) is 0.